The summed E-state index contributed by atoms with van der Waals surface area (Å²) in [6.45, 7) is 2.23. The first-order chi connectivity index (χ1) is 8.71. The van der Waals surface area contributed by atoms with Crippen LogP contribution in [0.1, 0.15) is 11.7 Å². The van der Waals surface area contributed by atoms with Gasteiger partial charge in [-0.3, -0.25) is 0 Å². The Bertz CT molecular complexity index is 503. The van der Waals surface area contributed by atoms with Gasteiger partial charge >= 0.3 is 0 Å². The monoisotopic (exact) mass is 249 g/mol. The van der Waals surface area contributed by atoms with Gasteiger partial charge in [0.25, 0.3) is 0 Å². The summed E-state index contributed by atoms with van der Waals surface area (Å²) in [6, 6.07) is 5.55. The number of methoxy groups -OCH3 is 2. The fourth-order valence-corrected chi connectivity index (χ4v) is 1.50. The van der Waals surface area contributed by atoms with Crippen LogP contribution in [-0.4, -0.2) is 24.4 Å². The minimum Gasteiger partial charge on any atom is -0.497 e. The van der Waals surface area contributed by atoms with Gasteiger partial charge in [0.05, 0.1) is 20.8 Å². The van der Waals surface area contributed by atoms with Gasteiger partial charge in [-0.1, -0.05) is 5.16 Å². The normalized spacial score (nSPS) is 10.2. The molecule has 18 heavy (non-hydrogen) atoms. The second kappa shape index (κ2) is 5.39. The Kier molecular flexibility index (Phi) is 3.66. The number of nitrogens with zero attached hydrogens (tertiary/aromatic N) is 2. The summed E-state index contributed by atoms with van der Waals surface area (Å²) in [6.07, 6.45) is 0. The van der Waals surface area contributed by atoms with Crippen LogP contribution in [0.5, 0.6) is 11.5 Å². The fraction of sp³-hybridized carbons (Fsp3) is 0.333. The molecule has 1 heterocycles. The molecule has 0 bridgehead atoms. The second-order valence-electron chi connectivity index (χ2n) is 3.68. The number of rotatable bonds is 5. The van der Waals surface area contributed by atoms with Crippen LogP contribution in [0.2, 0.25) is 0 Å². The Hall–Kier alpha value is -2.24. The summed E-state index contributed by atoms with van der Waals surface area (Å²) in [5.74, 6) is 2.60. The van der Waals surface area contributed by atoms with Crippen molar-refractivity contribution < 1.29 is 14.0 Å². The summed E-state index contributed by atoms with van der Waals surface area (Å²) >= 11 is 0. The standard InChI is InChI=1S/C12H15N3O3/c1-8-14-12(15-18-8)7-13-9-4-10(16-2)6-11(5-9)17-3/h4-6,13H,7H2,1-3H3. The first-order valence-electron chi connectivity index (χ1n) is 5.47. The highest BCUT2D eigenvalue weighted by Crippen LogP contribution is 2.25. The second-order valence-corrected chi connectivity index (χ2v) is 3.68. The van der Waals surface area contributed by atoms with Gasteiger partial charge in [0.15, 0.2) is 5.82 Å². The molecule has 0 aliphatic rings. The van der Waals surface area contributed by atoms with Crippen molar-refractivity contribution in [1.82, 2.24) is 10.1 Å². The quantitative estimate of drug-likeness (QED) is 0.874. The molecule has 1 aromatic carbocycles. The van der Waals surface area contributed by atoms with Crippen molar-refractivity contribution >= 4 is 5.69 Å². The summed E-state index contributed by atoms with van der Waals surface area (Å²) in [4.78, 5) is 4.11. The van der Waals surface area contributed by atoms with Crippen molar-refractivity contribution in [3.05, 3.63) is 29.9 Å². The average Bonchev–Trinajstić information content (AvgIpc) is 2.81. The van der Waals surface area contributed by atoms with Gasteiger partial charge in [-0.25, -0.2) is 0 Å². The Labute approximate surface area is 105 Å². The van der Waals surface area contributed by atoms with E-state index in [1.54, 1.807) is 21.1 Å². The molecule has 6 heteroatoms. The number of hydrogen-bond donors (Lipinski definition) is 1. The molecule has 0 fully saturated rings. The molecule has 1 aromatic heterocycles. The van der Waals surface area contributed by atoms with Crippen LogP contribution in [-0.2, 0) is 6.54 Å². The SMILES string of the molecule is COc1cc(NCc2noc(C)n2)cc(OC)c1. The van der Waals surface area contributed by atoms with Gasteiger partial charge in [0, 0.05) is 30.8 Å². The van der Waals surface area contributed by atoms with E-state index in [4.69, 9.17) is 14.0 Å². The van der Waals surface area contributed by atoms with E-state index in [-0.39, 0.29) is 0 Å². The third-order valence-electron chi connectivity index (χ3n) is 2.37. The van der Waals surface area contributed by atoms with E-state index < -0.39 is 0 Å². The first-order valence-corrected chi connectivity index (χ1v) is 5.47. The van der Waals surface area contributed by atoms with Crippen LogP contribution in [0.3, 0.4) is 0 Å². The van der Waals surface area contributed by atoms with Gasteiger partial charge < -0.3 is 19.3 Å². The molecule has 0 radical (unpaired) electrons. The topological polar surface area (TPSA) is 69.4 Å². The Balaban J connectivity index is 2.08. The largest absolute Gasteiger partial charge is 0.497 e. The fourth-order valence-electron chi connectivity index (χ4n) is 1.50. The van der Waals surface area contributed by atoms with E-state index in [0.717, 1.165) is 17.2 Å². The van der Waals surface area contributed by atoms with E-state index >= 15 is 0 Å². The molecule has 0 saturated heterocycles. The number of ether oxygens (including phenoxy) is 2. The Morgan fingerprint density at radius 1 is 1.17 bits per heavy atom. The lowest BCUT2D eigenvalue weighted by atomic mass is 10.2. The van der Waals surface area contributed by atoms with Crippen LogP contribution in [0.15, 0.2) is 22.7 Å². The van der Waals surface area contributed by atoms with E-state index in [9.17, 15) is 0 Å². The van der Waals surface area contributed by atoms with Crippen LogP contribution >= 0.6 is 0 Å². The lowest BCUT2D eigenvalue weighted by Gasteiger charge is -2.09. The highest BCUT2D eigenvalue weighted by Gasteiger charge is 2.04. The Morgan fingerprint density at radius 3 is 2.33 bits per heavy atom. The summed E-state index contributed by atoms with van der Waals surface area (Å²) in [7, 11) is 3.22. The number of aromatic nitrogens is 2. The van der Waals surface area contributed by atoms with Crippen molar-refractivity contribution in [3.63, 3.8) is 0 Å². The summed E-state index contributed by atoms with van der Waals surface area (Å²) in [5.41, 5.74) is 0.869. The predicted octanol–water partition coefficient (Wildman–Crippen LogP) is 2.01. The van der Waals surface area contributed by atoms with E-state index in [1.807, 2.05) is 18.2 Å². The molecular weight excluding hydrogens is 234 g/mol. The van der Waals surface area contributed by atoms with Crippen LogP contribution < -0.4 is 14.8 Å². The molecule has 6 nitrogen and oxygen atoms in total. The van der Waals surface area contributed by atoms with Crippen LogP contribution in [0.25, 0.3) is 0 Å². The molecule has 1 N–H and O–H groups in total. The molecule has 0 saturated carbocycles. The van der Waals surface area contributed by atoms with Crippen molar-refractivity contribution in [2.24, 2.45) is 0 Å². The lowest BCUT2D eigenvalue weighted by molar-refractivity contribution is 0.388. The lowest BCUT2D eigenvalue weighted by Crippen LogP contribution is -2.02. The third kappa shape index (κ3) is 2.91. The molecule has 0 aliphatic heterocycles. The highest BCUT2D eigenvalue weighted by atomic mass is 16.5. The minimum absolute atomic E-state index is 0.480. The molecule has 0 spiro atoms. The smallest absolute Gasteiger partial charge is 0.223 e. The minimum atomic E-state index is 0.480. The first kappa shape index (κ1) is 12.2. The zero-order valence-corrected chi connectivity index (χ0v) is 10.6. The van der Waals surface area contributed by atoms with Gasteiger partial charge in [-0.2, -0.15) is 4.98 Å². The van der Waals surface area contributed by atoms with Crippen LogP contribution in [0.4, 0.5) is 5.69 Å². The maximum Gasteiger partial charge on any atom is 0.223 e. The van der Waals surface area contributed by atoms with E-state index in [0.29, 0.717) is 18.3 Å². The number of anilines is 1. The highest BCUT2D eigenvalue weighted by molar-refractivity contribution is 5.53. The predicted molar refractivity (Wildman–Crippen MR) is 65.9 cm³/mol. The van der Waals surface area contributed by atoms with Crippen molar-refractivity contribution in [2.75, 3.05) is 19.5 Å². The molecule has 0 atom stereocenters. The molecular formula is C12H15N3O3. The Morgan fingerprint density at radius 2 is 1.83 bits per heavy atom. The van der Waals surface area contributed by atoms with Crippen molar-refractivity contribution in [3.8, 4) is 11.5 Å². The molecule has 0 aliphatic carbocycles. The average molecular weight is 249 g/mol. The van der Waals surface area contributed by atoms with Crippen LogP contribution in [0, 0.1) is 6.92 Å². The molecule has 2 rings (SSSR count). The summed E-state index contributed by atoms with van der Waals surface area (Å²) < 4.78 is 15.3. The molecule has 0 unspecified atom stereocenters. The van der Waals surface area contributed by atoms with Gasteiger partial charge in [-0.05, 0) is 0 Å². The number of benzene rings is 1. The molecule has 96 valence electrons. The van der Waals surface area contributed by atoms with Gasteiger partial charge in [-0.15, -0.1) is 0 Å². The van der Waals surface area contributed by atoms with Gasteiger partial charge in [0.2, 0.25) is 5.89 Å². The number of nitrogens with one attached hydrogen (secondary N) is 1. The third-order valence-corrected chi connectivity index (χ3v) is 2.37. The van der Waals surface area contributed by atoms with Gasteiger partial charge in [0.1, 0.15) is 11.5 Å². The molecule has 2 aromatic rings. The maximum atomic E-state index is 5.18. The summed E-state index contributed by atoms with van der Waals surface area (Å²) in [5, 5.41) is 6.98. The number of hydrogen-bond acceptors (Lipinski definition) is 6. The number of aryl methyl sites for hydroxylation is 1. The van der Waals surface area contributed by atoms with Crippen molar-refractivity contribution in [2.45, 2.75) is 13.5 Å². The maximum absolute atomic E-state index is 5.18. The molecule has 0 amide bonds. The van der Waals surface area contributed by atoms with Crippen molar-refractivity contribution in [1.29, 1.82) is 0 Å². The zero-order chi connectivity index (χ0) is 13.0. The zero-order valence-electron chi connectivity index (χ0n) is 10.6. The van der Waals surface area contributed by atoms with E-state index in [2.05, 4.69) is 15.5 Å². The van der Waals surface area contributed by atoms with E-state index in [1.165, 1.54) is 0 Å².